The minimum absolute atomic E-state index is 0. The van der Waals surface area contributed by atoms with Gasteiger partial charge in [0.05, 0.1) is 30.1 Å². The number of methoxy groups -OCH3 is 1. The molecule has 0 saturated heterocycles. The minimum atomic E-state index is 0. The lowest BCUT2D eigenvalue weighted by Crippen LogP contribution is -2.23. The zero-order chi connectivity index (χ0) is 16.8. The van der Waals surface area contributed by atoms with E-state index < -0.39 is 0 Å². The first-order chi connectivity index (χ1) is 11.0. The number of guanidine groups is 1. The Hall–Kier alpha value is -1.74. The number of aliphatic imine (C=N–C) groups is 1. The zero-order valence-corrected chi connectivity index (χ0v) is 16.9. The number of pyridine rings is 1. The minimum Gasteiger partial charge on any atom is -0.495 e. The van der Waals surface area contributed by atoms with Crippen molar-refractivity contribution in [2.24, 2.45) is 10.7 Å². The summed E-state index contributed by atoms with van der Waals surface area (Å²) in [7, 11) is 5.50. The van der Waals surface area contributed by atoms with Gasteiger partial charge in [-0.15, -0.1) is 24.0 Å². The van der Waals surface area contributed by atoms with Crippen molar-refractivity contribution >= 4 is 52.9 Å². The van der Waals surface area contributed by atoms with Gasteiger partial charge in [-0.3, -0.25) is 4.98 Å². The number of hydrogen-bond donors (Lipinski definition) is 2. The van der Waals surface area contributed by atoms with Crippen molar-refractivity contribution < 1.29 is 4.74 Å². The third-order valence-corrected chi connectivity index (χ3v) is 3.47. The van der Waals surface area contributed by atoms with Gasteiger partial charge >= 0.3 is 0 Å². The smallest absolute Gasteiger partial charge is 0.193 e. The Balaban J connectivity index is 0.00000288. The number of aromatic nitrogens is 1. The molecule has 24 heavy (non-hydrogen) atoms. The molecule has 8 heteroatoms. The highest BCUT2D eigenvalue weighted by molar-refractivity contribution is 14.0. The van der Waals surface area contributed by atoms with Crippen LogP contribution in [0.3, 0.4) is 0 Å². The Bertz CT molecular complexity index is 709. The molecule has 1 aromatic carbocycles. The van der Waals surface area contributed by atoms with Gasteiger partial charge in [-0.2, -0.15) is 0 Å². The third kappa shape index (κ3) is 5.41. The van der Waals surface area contributed by atoms with E-state index in [9.17, 15) is 0 Å². The second-order valence-electron chi connectivity index (χ2n) is 5.04. The van der Waals surface area contributed by atoms with Gasteiger partial charge in [0.25, 0.3) is 0 Å². The summed E-state index contributed by atoms with van der Waals surface area (Å²) in [6.07, 6.45) is 1.74. The molecular weight excluding hydrogens is 441 g/mol. The normalized spacial score (nSPS) is 10.8. The lowest BCUT2D eigenvalue weighted by molar-refractivity contribution is 0.415. The van der Waals surface area contributed by atoms with Crippen molar-refractivity contribution in [3.8, 4) is 5.75 Å². The Morgan fingerprint density at radius 2 is 2.12 bits per heavy atom. The largest absolute Gasteiger partial charge is 0.495 e. The van der Waals surface area contributed by atoms with E-state index in [1.165, 1.54) is 0 Å². The molecule has 0 radical (unpaired) electrons. The van der Waals surface area contributed by atoms with Gasteiger partial charge in [0, 0.05) is 26.0 Å². The molecule has 0 atom stereocenters. The summed E-state index contributed by atoms with van der Waals surface area (Å²) >= 11 is 6.08. The summed E-state index contributed by atoms with van der Waals surface area (Å²) in [5.74, 6) is 0.901. The summed E-state index contributed by atoms with van der Waals surface area (Å²) < 4.78 is 5.11. The molecule has 0 aliphatic carbocycles. The fourth-order valence-corrected chi connectivity index (χ4v) is 2.31. The molecule has 0 saturated carbocycles. The Labute approximate surface area is 164 Å². The number of hydrogen-bond acceptors (Lipinski definition) is 4. The first-order valence-corrected chi connectivity index (χ1v) is 7.40. The van der Waals surface area contributed by atoms with Gasteiger partial charge in [-0.25, -0.2) is 4.99 Å². The summed E-state index contributed by atoms with van der Waals surface area (Å²) in [6, 6.07) is 9.20. The molecular formula is C16H21ClIN5O. The number of benzene rings is 1. The fourth-order valence-electron chi connectivity index (χ4n) is 2.05. The summed E-state index contributed by atoms with van der Waals surface area (Å²) in [5.41, 5.74) is 8.53. The molecule has 0 amide bonds. The molecule has 0 bridgehead atoms. The van der Waals surface area contributed by atoms with Crippen LogP contribution in [-0.2, 0) is 6.54 Å². The van der Waals surface area contributed by atoms with Crippen LogP contribution in [0.1, 0.15) is 5.69 Å². The van der Waals surface area contributed by atoms with E-state index in [0.717, 1.165) is 17.1 Å². The van der Waals surface area contributed by atoms with E-state index in [-0.39, 0.29) is 24.0 Å². The van der Waals surface area contributed by atoms with Crippen molar-refractivity contribution in [2.45, 2.75) is 6.54 Å². The molecule has 3 N–H and O–H groups in total. The SMILES string of the molecule is COc1ccc(NC(N)=NCc2ncccc2N(C)C)cc1Cl.I. The van der Waals surface area contributed by atoms with E-state index in [1.54, 1.807) is 25.4 Å². The molecule has 0 aliphatic rings. The predicted octanol–water partition coefficient (Wildman–Crippen LogP) is 3.35. The van der Waals surface area contributed by atoms with Crippen LogP contribution in [0.4, 0.5) is 11.4 Å². The van der Waals surface area contributed by atoms with Crippen LogP contribution in [0.25, 0.3) is 0 Å². The summed E-state index contributed by atoms with van der Waals surface area (Å²) in [5, 5.41) is 3.50. The van der Waals surface area contributed by atoms with Crippen LogP contribution in [0.15, 0.2) is 41.5 Å². The second-order valence-corrected chi connectivity index (χ2v) is 5.45. The third-order valence-electron chi connectivity index (χ3n) is 3.17. The fraction of sp³-hybridized carbons (Fsp3) is 0.250. The van der Waals surface area contributed by atoms with Gasteiger partial charge in [-0.05, 0) is 30.3 Å². The lowest BCUT2D eigenvalue weighted by Gasteiger charge is -2.15. The first kappa shape index (κ1) is 20.3. The van der Waals surface area contributed by atoms with Gasteiger partial charge in [-0.1, -0.05) is 11.6 Å². The molecule has 2 aromatic rings. The van der Waals surface area contributed by atoms with Gasteiger partial charge in [0.2, 0.25) is 0 Å². The van der Waals surface area contributed by atoms with Gasteiger partial charge in [0.1, 0.15) is 5.75 Å². The number of nitrogens with zero attached hydrogens (tertiary/aromatic N) is 3. The number of rotatable bonds is 5. The van der Waals surface area contributed by atoms with E-state index in [0.29, 0.717) is 23.3 Å². The number of ether oxygens (including phenoxy) is 1. The number of nitrogens with one attached hydrogen (secondary N) is 1. The van der Waals surface area contributed by atoms with Crippen LogP contribution in [0, 0.1) is 0 Å². The molecule has 130 valence electrons. The van der Waals surface area contributed by atoms with Crippen LogP contribution in [0.2, 0.25) is 5.02 Å². The monoisotopic (exact) mass is 461 g/mol. The second kappa shape index (κ2) is 9.53. The topological polar surface area (TPSA) is 75.8 Å². The molecule has 2 rings (SSSR count). The van der Waals surface area contributed by atoms with Crippen molar-refractivity contribution in [3.63, 3.8) is 0 Å². The maximum atomic E-state index is 6.08. The van der Waals surface area contributed by atoms with Crippen LogP contribution in [-0.4, -0.2) is 32.1 Å². The quantitative estimate of drug-likeness (QED) is 0.406. The van der Waals surface area contributed by atoms with Crippen LogP contribution in [0.5, 0.6) is 5.75 Å². The first-order valence-electron chi connectivity index (χ1n) is 7.03. The maximum absolute atomic E-state index is 6.08. The average molecular weight is 462 g/mol. The molecule has 1 aromatic heterocycles. The summed E-state index contributed by atoms with van der Waals surface area (Å²) in [6.45, 7) is 0.386. The molecule has 0 fully saturated rings. The Morgan fingerprint density at radius 1 is 1.38 bits per heavy atom. The number of nitrogens with two attached hydrogens (primary N) is 1. The zero-order valence-electron chi connectivity index (χ0n) is 13.8. The van der Waals surface area contributed by atoms with Gasteiger partial charge < -0.3 is 20.7 Å². The van der Waals surface area contributed by atoms with E-state index >= 15 is 0 Å². The molecule has 6 nitrogen and oxygen atoms in total. The van der Waals surface area contributed by atoms with Crippen molar-refractivity contribution in [1.82, 2.24) is 4.98 Å². The standard InChI is InChI=1S/C16H20ClN5O.HI/c1-22(2)14-5-4-8-19-13(14)10-20-16(18)21-11-6-7-15(23-3)12(17)9-11;/h4-9H,10H2,1-3H3,(H3,18,20,21);1H. The van der Waals surface area contributed by atoms with E-state index in [4.69, 9.17) is 22.1 Å². The van der Waals surface area contributed by atoms with E-state index in [2.05, 4.69) is 15.3 Å². The van der Waals surface area contributed by atoms with Crippen LogP contribution >= 0.6 is 35.6 Å². The lowest BCUT2D eigenvalue weighted by atomic mass is 10.3. The van der Waals surface area contributed by atoms with E-state index in [1.807, 2.05) is 37.2 Å². The highest BCUT2D eigenvalue weighted by atomic mass is 127. The number of halogens is 2. The van der Waals surface area contributed by atoms with Crippen LogP contribution < -0.4 is 20.7 Å². The van der Waals surface area contributed by atoms with Crippen molar-refractivity contribution in [3.05, 3.63) is 47.2 Å². The molecule has 0 aliphatic heterocycles. The molecule has 0 unspecified atom stereocenters. The summed E-state index contributed by atoms with van der Waals surface area (Å²) in [4.78, 5) is 10.7. The number of anilines is 2. The average Bonchev–Trinajstić information content (AvgIpc) is 2.53. The molecule has 0 spiro atoms. The molecule has 1 heterocycles. The predicted molar refractivity (Wildman–Crippen MR) is 111 cm³/mol. The van der Waals surface area contributed by atoms with Crippen molar-refractivity contribution in [2.75, 3.05) is 31.4 Å². The Kier molecular flexibility index (Phi) is 8.06. The maximum Gasteiger partial charge on any atom is 0.193 e. The van der Waals surface area contributed by atoms with Crippen molar-refractivity contribution in [1.29, 1.82) is 0 Å². The highest BCUT2D eigenvalue weighted by Gasteiger charge is 2.06. The van der Waals surface area contributed by atoms with Gasteiger partial charge in [0.15, 0.2) is 5.96 Å². The Morgan fingerprint density at radius 3 is 2.75 bits per heavy atom. The highest BCUT2D eigenvalue weighted by Crippen LogP contribution is 2.27.